The van der Waals surface area contributed by atoms with Gasteiger partial charge in [0, 0.05) is 18.8 Å². The normalized spacial score (nSPS) is 12.6. The maximum Gasteiger partial charge on any atom is 0.406 e. The summed E-state index contributed by atoms with van der Waals surface area (Å²) in [5.74, 6) is -1.48. The van der Waals surface area contributed by atoms with E-state index >= 15 is 0 Å². The summed E-state index contributed by atoms with van der Waals surface area (Å²) >= 11 is 5.18. The van der Waals surface area contributed by atoms with Crippen LogP contribution >= 0.6 is 11.6 Å². The third-order valence-electron chi connectivity index (χ3n) is 1.70. The van der Waals surface area contributed by atoms with Gasteiger partial charge in [0.05, 0.1) is 6.42 Å². The van der Waals surface area contributed by atoms with E-state index in [1.165, 1.54) is 0 Å². The Bertz CT molecular complexity index is 251. The molecule has 0 saturated heterocycles. The molecule has 0 fully saturated rings. The van der Waals surface area contributed by atoms with Crippen LogP contribution in [0.3, 0.4) is 0 Å². The van der Waals surface area contributed by atoms with Crippen LogP contribution in [0.25, 0.3) is 0 Å². The van der Waals surface area contributed by atoms with Crippen molar-refractivity contribution in [2.45, 2.75) is 25.2 Å². The molecule has 102 valence electrons. The van der Waals surface area contributed by atoms with Crippen LogP contribution in [0.15, 0.2) is 0 Å². The smallest absolute Gasteiger partial charge is 0.332 e. The highest BCUT2D eigenvalue weighted by atomic mass is 35.5. The van der Waals surface area contributed by atoms with Crippen molar-refractivity contribution in [3.05, 3.63) is 0 Å². The van der Waals surface area contributed by atoms with Crippen molar-refractivity contribution in [1.29, 1.82) is 0 Å². The summed E-state index contributed by atoms with van der Waals surface area (Å²) in [6.45, 7) is -2.02. The first-order valence-corrected chi connectivity index (χ1v) is 5.06. The van der Waals surface area contributed by atoms with Crippen molar-refractivity contribution in [3.63, 3.8) is 0 Å². The van der Waals surface area contributed by atoms with Gasteiger partial charge in [-0.25, -0.2) is 0 Å². The van der Waals surface area contributed by atoms with E-state index in [9.17, 15) is 31.1 Å². The van der Waals surface area contributed by atoms with Crippen LogP contribution in [-0.2, 0) is 4.79 Å². The Kier molecular flexibility index (Phi) is 6.08. The molecule has 0 rings (SSSR count). The number of alkyl halides is 7. The zero-order valence-electron chi connectivity index (χ0n) is 8.54. The van der Waals surface area contributed by atoms with E-state index in [-0.39, 0.29) is 10.8 Å². The fourth-order valence-corrected chi connectivity index (χ4v) is 1.22. The maximum absolute atomic E-state index is 12.0. The number of hydrogen-bond donors (Lipinski definition) is 0. The monoisotopic (exact) mass is 285 g/mol. The molecule has 0 unspecified atom stereocenters. The SMILES string of the molecule is O=C(CCC(F)(F)F)N(CCCl)CC(F)(F)F. The van der Waals surface area contributed by atoms with Gasteiger partial charge in [-0.2, -0.15) is 26.3 Å². The number of rotatable bonds is 5. The van der Waals surface area contributed by atoms with Crippen LogP contribution in [-0.4, -0.2) is 42.1 Å². The van der Waals surface area contributed by atoms with Gasteiger partial charge in [-0.3, -0.25) is 4.79 Å². The number of hydrogen-bond acceptors (Lipinski definition) is 1. The van der Waals surface area contributed by atoms with Crippen LogP contribution in [0.5, 0.6) is 0 Å². The van der Waals surface area contributed by atoms with Gasteiger partial charge in [0.1, 0.15) is 6.54 Å². The van der Waals surface area contributed by atoms with E-state index in [1.54, 1.807) is 0 Å². The Morgan fingerprint density at radius 1 is 1.06 bits per heavy atom. The molecule has 0 aromatic heterocycles. The van der Waals surface area contributed by atoms with E-state index in [2.05, 4.69) is 0 Å². The van der Waals surface area contributed by atoms with Crippen molar-refractivity contribution in [1.82, 2.24) is 4.90 Å². The second-order valence-electron chi connectivity index (χ2n) is 3.23. The van der Waals surface area contributed by atoms with Gasteiger partial charge < -0.3 is 4.90 Å². The van der Waals surface area contributed by atoms with Crippen molar-refractivity contribution < 1.29 is 31.1 Å². The lowest BCUT2D eigenvalue weighted by atomic mass is 10.2. The number of carbonyl (C=O) groups is 1. The predicted molar refractivity (Wildman–Crippen MR) is 48.6 cm³/mol. The molecule has 0 aliphatic carbocycles. The molecule has 0 spiro atoms. The minimum Gasteiger partial charge on any atom is -0.332 e. The molecule has 0 N–H and O–H groups in total. The van der Waals surface area contributed by atoms with Gasteiger partial charge >= 0.3 is 12.4 Å². The second kappa shape index (κ2) is 6.32. The molecule has 0 radical (unpaired) electrons. The lowest BCUT2D eigenvalue weighted by Crippen LogP contribution is -2.40. The summed E-state index contributed by atoms with van der Waals surface area (Å²) in [5.41, 5.74) is 0. The van der Waals surface area contributed by atoms with Crippen LogP contribution in [0.2, 0.25) is 0 Å². The predicted octanol–water partition coefficient (Wildman–Crippen LogP) is 2.96. The highest BCUT2D eigenvalue weighted by molar-refractivity contribution is 6.18. The third-order valence-corrected chi connectivity index (χ3v) is 1.87. The molecule has 0 heterocycles. The van der Waals surface area contributed by atoms with Gasteiger partial charge in [0.25, 0.3) is 0 Å². The van der Waals surface area contributed by atoms with Gasteiger partial charge in [-0.15, -0.1) is 11.6 Å². The summed E-state index contributed by atoms with van der Waals surface area (Å²) < 4.78 is 71.4. The molecule has 9 heteroatoms. The molecule has 0 aromatic carbocycles. The first kappa shape index (κ1) is 16.3. The molecular formula is C8H10ClF6NO. The fraction of sp³-hybridized carbons (Fsp3) is 0.875. The minimum absolute atomic E-state index is 0.270. The highest BCUT2D eigenvalue weighted by Gasteiger charge is 2.34. The maximum atomic E-state index is 12.0. The molecule has 0 aliphatic rings. The number of carbonyl (C=O) groups excluding carboxylic acids is 1. The second-order valence-corrected chi connectivity index (χ2v) is 3.61. The van der Waals surface area contributed by atoms with Crippen LogP contribution in [0.1, 0.15) is 12.8 Å². The third kappa shape index (κ3) is 9.08. The average molecular weight is 286 g/mol. The topological polar surface area (TPSA) is 20.3 Å². The lowest BCUT2D eigenvalue weighted by Gasteiger charge is -2.23. The number of halogens is 7. The first-order chi connectivity index (χ1) is 7.55. The Balaban J connectivity index is 4.35. The molecule has 1 amide bonds. The Morgan fingerprint density at radius 2 is 1.59 bits per heavy atom. The summed E-state index contributed by atoms with van der Waals surface area (Å²) in [4.78, 5) is 11.4. The van der Waals surface area contributed by atoms with E-state index in [4.69, 9.17) is 11.6 Å². The zero-order valence-corrected chi connectivity index (χ0v) is 9.29. The molecule has 17 heavy (non-hydrogen) atoms. The van der Waals surface area contributed by atoms with Crippen LogP contribution in [0, 0.1) is 0 Å². The Hall–Kier alpha value is -0.660. The van der Waals surface area contributed by atoms with Crippen molar-refractivity contribution in [2.75, 3.05) is 19.0 Å². The van der Waals surface area contributed by atoms with Crippen molar-refractivity contribution in [3.8, 4) is 0 Å². The van der Waals surface area contributed by atoms with E-state index in [0.29, 0.717) is 0 Å². The van der Waals surface area contributed by atoms with Crippen molar-refractivity contribution in [2.24, 2.45) is 0 Å². The van der Waals surface area contributed by atoms with Gasteiger partial charge in [0.2, 0.25) is 5.91 Å². The number of nitrogens with zero attached hydrogens (tertiary/aromatic N) is 1. The summed E-state index contributed by atoms with van der Waals surface area (Å²) in [5, 5.41) is 0. The quantitative estimate of drug-likeness (QED) is 0.562. The largest absolute Gasteiger partial charge is 0.406 e. The van der Waals surface area contributed by atoms with Crippen molar-refractivity contribution >= 4 is 17.5 Å². The number of amides is 1. The lowest BCUT2D eigenvalue weighted by molar-refractivity contribution is -0.165. The van der Waals surface area contributed by atoms with Gasteiger partial charge in [-0.1, -0.05) is 0 Å². The van der Waals surface area contributed by atoms with E-state index in [0.717, 1.165) is 0 Å². The minimum atomic E-state index is -4.65. The van der Waals surface area contributed by atoms with E-state index < -0.39 is 44.2 Å². The molecular weight excluding hydrogens is 276 g/mol. The molecule has 0 aliphatic heterocycles. The fourth-order valence-electron chi connectivity index (χ4n) is 1.02. The molecule has 0 bridgehead atoms. The van der Waals surface area contributed by atoms with Crippen LogP contribution in [0.4, 0.5) is 26.3 Å². The van der Waals surface area contributed by atoms with Gasteiger partial charge in [0.15, 0.2) is 0 Å². The summed E-state index contributed by atoms with van der Waals surface area (Å²) in [6, 6.07) is 0. The Labute approximate surface area is 98.5 Å². The first-order valence-electron chi connectivity index (χ1n) is 4.52. The molecule has 0 atom stereocenters. The molecule has 2 nitrogen and oxygen atoms in total. The molecule has 0 saturated carbocycles. The standard InChI is InChI=1S/C8H10ClF6NO/c9-3-4-16(5-8(13,14)15)6(17)1-2-7(10,11)12/h1-5H2. The van der Waals surface area contributed by atoms with E-state index in [1.807, 2.05) is 0 Å². The zero-order chi connectivity index (χ0) is 13.7. The summed E-state index contributed by atoms with van der Waals surface area (Å²) in [7, 11) is 0. The summed E-state index contributed by atoms with van der Waals surface area (Å²) in [6.07, 6.45) is -11.7. The van der Waals surface area contributed by atoms with Gasteiger partial charge in [-0.05, 0) is 0 Å². The van der Waals surface area contributed by atoms with Crippen LogP contribution < -0.4 is 0 Å². The molecule has 0 aromatic rings. The highest BCUT2D eigenvalue weighted by Crippen LogP contribution is 2.23. The Morgan fingerprint density at radius 3 is 1.94 bits per heavy atom. The average Bonchev–Trinajstić information content (AvgIpc) is 2.10.